The lowest BCUT2D eigenvalue weighted by Gasteiger charge is -2.22. The molecule has 1 aliphatic heterocycles. The number of anilines is 1. The second-order valence-electron chi connectivity index (χ2n) is 4.32. The fourth-order valence-corrected chi connectivity index (χ4v) is 2.89. The van der Waals surface area contributed by atoms with E-state index in [4.69, 9.17) is 4.74 Å². The summed E-state index contributed by atoms with van der Waals surface area (Å²) in [6.07, 6.45) is 0.978. The molecule has 1 aliphatic rings. The molecule has 18 heavy (non-hydrogen) atoms. The van der Waals surface area contributed by atoms with Gasteiger partial charge in [-0.1, -0.05) is 6.92 Å². The van der Waals surface area contributed by atoms with E-state index in [-0.39, 0.29) is 6.10 Å². The first-order chi connectivity index (χ1) is 8.76. The molecular weight excluding hydrogens is 246 g/mol. The van der Waals surface area contributed by atoms with E-state index < -0.39 is 0 Å². The Morgan fingerprint density at radius 1 is 1.39 bits per heavy atom. The first kappa shape index (κ1) is 13.6. The average Bonchev–Trinajstić information content (AvgIpc) is 2.42. The van der Waals surface area contributed by atoms with Crippen LogP contribution in [-0.2, 0) is 11.2 Å². The Labute approximate surface area is 113 Å². The van der Waals surface area contributed by atoms with E-state index in [1.807, 2.05) is 11.8 Å². The fourth-order valence-electron chi connectivity index (χ4n) is 2.05. The van der Waals surface area contributed by atoms with Gasteiger partial charge >= 0.3 is 0 Å². The van der Waals surface area contributed by atoms with Crippen LogP contribution < -0.4 is 5.32 Å². The second-order valence-corrected chi connectivity index (χ2v) is 5.47. The summed E-state index contributed by atoms with van der Waals surface area (Å²) in [5, 5.41) is 3.32. The number of hydrogen-bond acceptors (Lipinski definition) is 5. The summed E-state index contributed by atoms with van der Waals surface area (Å²) in [4.78, 5) is 9.30. The van der Waals surface area contributed by atoms with Gasteiger partial charge < -0.3 is 10.1 Å². The van der Waals surface area contributed by atoms with Crippen LogP contribution in [0.25, 0.3) is 0 Å². The number of ether oxygens (including phenoxy) is 1. The molecule has 1 fully saturated rings. The molecular formula is C13H21N3OS. The van der Waals surface area contributed by atoms with Gasteiger partial charge in [0.1, 0.15) is 11.9 Å². The third-order valence-corrected chi connectivity index (χ3v) is 4.04. The average molecular weight is 267 g/mol. The molecule has 0 bridgehead atoms. The van der Waals surface area contributed by atoms with Gasteiger partial charge in [-0.2, -0.15) is 11.8 Å². The smallest absolute Gasteiger partial charge is 0.160 e. The lowest BCUT2D eigenvalue weighted by atomic mass is 10.2. The molecule has 1 N–H and O–H groups in total. The minimum absolute atomic E-state index is 0.0482. The summed E-state index contributed by atoms with van der Waals surface area (Å²) in [5.74, 6) is 3.82. The highest BCUT2D eigenvalue weighted by Crippen LogP contribution is 2.26. The molecule has 100 valence electrons. The van der Waals surface area contributed by atoms with Gasteiger partial charge in [-0.15, -0.1) is 0 Å². The molecule has 0 amide bonds. The zero-order chi connectivity index (χ0) is 13.0. The van der Waals surface area contributed by atoms with Crippen LogP contribution in [0.15, 0.2) is 0 Å². The van der Waals surface area contributed by atoms with E-state index in [1.165, 1.54) is 0 Å². The molecule has 1 unspecified atom stereocenters. The van der Waals surface area contributed by atoms with Gasteiger partial charge in [-0.05, 0) is 20.3 Å². The van der Waals surface area contributed by atoms with E-state index >= 15 is 0 Å². The molecule has 2 heterocycles. The van der Waals surface area contributed by atoms with Gasteiger partial charge in [0.05, 0.1) is 6.61 Å². The quantitative estimate of drug-likeness (QED) is 0.908. The highest BCUT2D eigenvalue weighted by molar-refractivity contribution is 7.99. The third-order valence-electron chi connectivity index (χ3n) is 3.05. The number of hydrogen-bond donors (Lipinski definition) is 1. The summed E-state index contributed by atoms with van der Waals surface area (Å²) in [6, 6.07) is 0. The highest BCUT2D eigenvalue weighted by atomic mass is 32.2. The van der Waals surface area contributed by atoms with Crippen molar-refractivity contribution in [3.05, 3.63) is 17.1 Å². The molecule has 0 aliphatic carbocycles. The van der Waals surface area contributed by atoms with Crippen LogP contribution in [-0.4, -0.2) is 34.6 Å². The molecule has 1 aromatic rings. The van der Waals surface area contributed by atoms with Crippen molar-refractivity contribution >= 4 is 17.6 Å². The van der Waals surface area contributed by atoms with Gasteiger partial charge in [0.2, 0.25) is 0 Å². The summed E-state index contributed by atoms with van der Waals surface area (Å²) in [6.45, 7) is 7.97. The van der Waals surface area contributed by atoms with Gasteiger partial charge in [0, 0.05) is 29.3 Å². The van der Waals surface area contributed by atoms with Crippen LogP contribution in [0.2, 0.25) is 0 Å². The normalized spacial score (nSPS) is 19.8. The van der Waals surface area contributed by atoms with Gasteiger partial charge in [0.15, 0.2) is 5.82 Å². The Balaban J connectivity index is 2.31. The number of aryl methyl sites for hydroxylation is 1. The predicted octanol–water partition coefficient (Wildman–Crippen LogP) is 2.58. The van der Waals surface area contributed by atoms with E-state index in [0.29, 0.717) is 0 Å². The Bertz CT molecular complexity index is 405. The minimum atomic E-state index is 0.0482. The molecule has 1 aromatic heterocycles. The Morgan fingerprint density at radius 3 is 2.83 bits per heavy atom. The lowest BCUT2D eigenvalue weighted by molar-refractivity contribution is 0.0693. The maximum absolute atomic E-state index is 5.76. The molecule has 0 aromatic carbocycles. The van der Waals surface area contributed by atoms with Gasteiger partial charge in [0.25, 0.3) is 0 Å². The van der Waals surface area contributed by atoms with E-state index in [0.717, 1.165) is 54.0 Å². The predicted molar refractivity (Wildman–Crippen MR) is 76.3 cm³/mol. The topological polar surface area (TPSA) is 47.0 Å². The van der Waals surface area contributed by atoms with Crippen molar-refractivity contribution in [1.82, 2.24) is 9.97 Å². The fraction of sp³-hybridized carbons (Fsp3) is 0.692. The summed E-state index contributed by atoms with van der Waals surface area (Å²) in [7, 11) is 0. The molecule has 1 atom stereocenters. The third kappa shape index (κ3) is 2.95. The van der Waals surface area contributed by atoms with Gasteiger partial charge in [-0.3, -0.25) is 0 Å². The van der Waals surface area contributed by atoms with Crippen LogP contribution in [0.4, 0.5) is 5.82 Å². The van der Waals surface area contributed by atoms with Crippen molar-refractivity contribution in [3.8, 4) is 0 Å². The van der Waals surface area contributed by atoms with Crippen molar-refractivity contribution in [1.29, 1.82) is 0 Å². The molecule has 0 saturated carbocycles. The Hall–Kier alpha value is -0.810. The van der Waals surface area contributed by atoms with E-state index in [1.54, 1.807) is 0 Å². The van der Waals surface area contributed by atoms with Crippen LogP contribution in [0.1, 0.15) is 37.0 Å². The molecule has 5 heteroatoms. The zero-order valence-corrected chi connectivity index (χ0v) is 12.1. The molecule has 1 saturated heterocycles. The monoisotopic (exact) mass is 267 g/mol. The first-order valence-electron chi connectivity index (χ1n) is 6.56. The number of nitrogens with zero attached hydrogens (tertiary/aromatic N) is 2. The number of thioether (sulfide) groups is 1. The largest absolute Gasteiger partial charge is 0.370 e. The SMILES string of the molecule is CCNc1nc(C2CSCCO2)nc(CC)c1C. The van der Waals surface area contributed by atoms with Crippen LogP contribution in [0.5, 0.6) is 0 Å². The van der Waals surface area contributed by atoms with Gasteiger partial charge in [-0.25, -0.2) is 9.97 Å². The summed E-state index contributed by atoms with van der Waals surface area (Å²) < 4.78 is 5.76. The number of rotatable bonds is 4. The summed E-state index contributed by atoms with van der Waals surface area (Å²) >= 11 is 1.91. The maximum Gasteiger partial charge on any atom is 0.160 e. The molecule has 0 radical (unpaired) electrons. The van der Waals surface area contributed by atoms with Crippen molar-refractivity contribution in [2.24, 2.45) is 0 Å². The van der Waals surface area contributed by atoms with Crippen molar-refractivity contribution in [2.75, 3.05) is 30.0 Å². The number of aromatic nitrogens is 2. The zero-order valence-electron chi connectivity index (χ0n) is 11.3. The Morgan fingerprint density at radius 2 is 2.22 bits per heavy atom. The summed E-state index contributed by atoms with van der Waals surface area (Å²) in [5.41, 5.74) is 2.28. The Kier molecular flexibility index (Phi) is 4.83. The van der Waals surface area contributed by atoms with E-state index in [9.17, 15) is 0 Å². The standard InChI is InChI=1S/C13H21N3OS/c1-4-10-9(3)12(14-5-2)16-13(15-10)11-8-18-7-6-17-11/h11H,4-8H2,1-3H3,(H,14,15,16). The van der Waals surface area contributed by atoms with Crippen LogP contribution >= 0.6 is 11.8 Å². The van der Waals surface area contributed by atoms with Crippen molar-refractivity contribution in [3.63, 3.8) is 0 Å². The molecule has 2 rings (SSSR count). The molecule has 0 spiro atoms. The maximum atomic E-state index is 5.76. The van der Waals surface area contributed by atoms with Crippen molar-refractivity contribution < 1.29 is 4.74 Å². The van der Waals surface area contributed by atoms with Crippen LogP contribution in [0.3, 0.4) is 0 Å². The highest BCUT2D eigenvalue weighted by Gasteiger charge is 2.21. The molecule has 4 nitrogen and oxygen atoms in total. The second kappa shape index (κ2) is 6.38. The first-order valence-corrected chi connectivity index (χ1v) is 7.72. The van der Waals surface area contributed by atoms with Crippen LogP contribution in [0, 0.1) is 6.92 Å². The van der Waals surface area contributed by atoms with Crippen molar-refractivity contribution in [2.45, 2.75) is 33.3 Å². The van der Waals surface area contributed by atoms with E-state index in [2.05, 4.69) is 36.1 Å². The number of nitrogens with one attached hydrogen (secondary N) is 1. The lowest BCUT2D eigenvalue weighted by Crippen LogP contribution is -2.20. The minimum Gasteiger partial charge on any atom is -0.370 e.